The molecule has 1 fully saturated rings. The third kappa shape index (κ3) is 5.73. The standard InChI is InChI=1S/C13H23N5O.2ClH/c1-3-4-14-12(19)11-17-7-9-18(10-8-17)13-15-5-6-16(13)2;;/h5-6H,3-4,7-11H2,1-2H3,(H,14,19);2*1H. The summed E-state index contributed by atoms with van der Waals surface area (Å²) in [5, 5.41) is 2.92. The number of hydrogen-bond acceptors (Lipinski definition) is 4. The van der Waals surface area contributed by atoms with Gasteiger partial charge < -0.3 is 14.8 Å². The molecule has 0 saturated carbocycles. The molecular weight excluding hydrogens is 313 g/mol. The van der Waals surface area contributed by atoms with Gasteiger partial charge in [0.15, 0.2) is 0 Å². The quantitative estimate of drug-likeness (QED) is 0.867. The number of nitrogens with zero attached hydrogens (tertiary/aromatic N) is 4. The molecule has 1 aromatic heterocycles. The van der Waals surface area contributed by atoms with Crippen LogP contribution in [-0.2, 0) is 11.8 Å². The summed E-state index contributed by atoms with van der Waals surface area (Å²) in [6.07, 6.45) is 4.76. The summed E-state index contributed by atoms with van der Waals surface area (Å²) in [5.74, 6) is 1.14. The average Bonchev–Trinajstić information content (AvgIpc) is 2.83. The zero-order valence-electron chi connectivity index (χ0n) is 12.6. The van der Waals surface area contributed by atoms with Gasteiger partial charge in [-0.2, -0.15) is 0 Å². The van der Waals surface area contributed by atoms with Crippen molar-refractivity contribution in [3.8, 4) is 0 Å². The second kappa shape index (κ2) is 9.87. The van der Waals surface area contributed by atoms with Crippen LogP contribution in [0.15, 0.2) is 12.4 Å². The summed E-state index contributed by atoms with van der Waals surface area (Å²) in [6.45, 7) is 7.00. The van der Waals surface area contributed by atoms with E-state index in [9.17, 15) is 4.79 Å². The molecule has 8 heteroatoms. The molecule has 1 aliphatic rings. The van der Waals surface area contributed by atoms with Crippen LogP contribution in [0.2, 0.25) is 0 Å². The summed E-state index contributed by atoms with van der Waals surface area (Å²) in [6, 6.07) is 0. The van der Waals surface area contributed by atoms with Crippen molar-refractivity contribution in [2.75, 3.05) is 44.2 Å². The Morgan fingerprint density at radius 3 is 2.48 bits per heavy atom. The molecule has 1 saturated heterocycles. The average molecular weight is 338 g/mol. The first-order valence-electron chi connectivity index (χ1n) is 6.92. The fourth-order valence-corrected chi connectivity index (χ4v) is 2.29. The lowest BCUT2D eigenvalue weighted by atomic mass is 10.3. The normalized spacial score (nSPS) is 15.0. The predicted molar refractivity (Wildman–Crippen MR) is 89.7 cm³/mol. The van der Waals surface area contributed by atoms with E-state index in [4.69, 9.17) is 0 Å². The van der Waals surface area contributed by atoms with Gasteiger partial charge in [-0.15, -0.1) is 24.8 Å². The first kappa shape index (κ1) is 20.0. The second-order valence-corrected chi connectivity index (χ2v) is 4.95. The number of carbonyl (C=O) groups excluding carboxylic acids is 1. The lowest BCUT2D eigenvalue weighted by molar-refractivity contribution is -0.122. The first-order chi connectivity index (χ1) is 9.20. The van der Waals surface area contributed by atoms with Crippen molar-refractivity contribution in [1.82, 2.24) is 19.8 Å². The van der Waals surface area contributed by atoms with Crippen LogP contribution >= 0.6 is 24.8 Å². The van der Waals surface area contributed by atoms with Crippen LogP contribution in [-0.4, -0.2) is 59.6 Å². The molecule has 2 rings (SSSR count). The molecule has 1 aromatic rings. The maximum atomic E-state index is 11.7. The minimum absolute atomic E-state index is 0. The molecule has 1 N–H and O–H groups in total. The molecule has 0 radical (unpaired) electrons. The highest BCUT2D eigenvalue weighted by Gasteiger charge is 2.20. The monoisotopic (exact) mass is 337 g/mol. The molecule has 21 heavy (non-hydrogen) atoms. The smallest absolute Gasteiger partial charge is 0.234 e. The number of halogens is 2. The molecule has 0 aromatic carbocycles. The van der Waals surface area contributed by atoms with Crippen molar-refractivity contribution in [3.05, 3.63) is 12.4 Å². The van der Waals surface area contributed by atoms with Crippen LogP contribution in [0.5, 0.6) is 0 Å². The van der Waals surface area contributed by atoms with Gasteiger partial charge in [0.05, 0.1) is 6.54 Å². The van der Waals surface area contributed by atoms with E-state index in [-0.39, 0.29) is 30.7 Å². The van der Waals surface area contributed by atoms with E-state index in [2.05, 4.69) is 27.0 Å². The second-order valence-electron chi connectivity index (χ2n) is 4.95. The molecule has 0 atom stereocenters. The predicted octanol–water partition coefficient (Wildman–Crippen LogP) is 0.912. The number of rotatable bonds is 5. The van der Waals surface area contributed by atoms with Crippen LogP contribution in [0.3, 0.4) is 0 Å². The number of imidazole rings is 1. The lowest BCUT2D eigenvalue weighted by Gasteiger charge is -2.34. The van der Waals surface area contributed by atoms with Gasteiger partial charge in [-0.25, -0.2) is 4.98 Å². The van der Waals surface area contributed by atoms with Gasteiger partial charge in [0.1, 0.15) is 0 Å². The van der Waals surface area contributed by atoms with Crippen molar-refractivity contribution in [2.24, 2.45) is 7.05 Å². The number of hydrogen-bond donors (Lipinski definition) is 1. The zero-order chi connectivity index (χ0) is 13.7. The number of nitrogens with one attached hydrogen (secondary N) is 1. The molecule has 1 amide bonds. The Morgan fingerprint density at radius 1 is 1.29 bits per heavy atom. The van der Waals surface area contributed by atoms with E-state index < -0.39 is 0 Å². The van der Waals surface area contributed by atoms with E-state index in [1.54, 1.807) is 0 Å². The highest BCUT2D eigenvalue weighted by atomic mass is 35.5. The topological polar surface area (TPSA) is 53.4 Å². The minimum Gasteiger partial charge on any atom is -0.355 e. The van der Waals surface area contributed by atoms with Gasteiger partial charge >= 0.3 is 0 Å². The molecule has 2 heterocycles. The van der Waals surface area contributed by atoms with Crippen LogP contribution in [0.4, 0.5) is 5.95 Å². The van der Waals surface area contributed by atoms with Crippen LogP contribution in [0, 0.1) is 0 Å². The van der Waals surface area contributed by atoms with Gasteiger partial charge in [0.2, 0.25) is 11.9 Å². The van der Waals surface area contributed by atoms with Gasteiger partial charge in [-0.3, -0.25) is 9.69 Å². The third-order valence-corrected chi connectivity index (χ3v) is 3.39. The fourth-order valence-electron chi connectivity index (χ4n) is 2.29. The highest BCUT2D eigenvalue weighted by Crippen LogP contribution is 2.12. The Balaban J connectivity index is 0.00000200. The van der Waals surface area contributed by atoms with Crippen molar-refractivity contribution < 1.29 is 4.79 Å². The van der Waals surface area contributed by atoms with E-state index >= 15 is 0 Å². The summed E-state index contributed by atoms with van der Waals surface area (Å²) >= 11 is 0. The number of amides is 1. The molecule has 0 aliphatic carbocycles. The van der Waals surface area contributed by atoms with Gasteiger partial charge in [-0.05, 0) is 6.42 Å². The summed E-state index contributed by atoms with van der Waals surface area (Å²) < 4.78 is 2.03. The van der Waals surface area contributed by atoms with E-state index in [1.165, 1.54) is 0 Å². The summed E-state index contributed by atoms with van der Waals surface area (Å²) in [5.41, 5.74) is 0. The first-order valence-corrected chi connectivity index (χ1v) is 6.92. The van der Waals surface area contributed by atoms with E-state index in [0.717, 1.165) is 45.1 Å². The SMILES string of the molecule is CCCNC(=O)CN1CCN(c2nccn2C)CC1.Cl.Cl. The number of aryl methyl sites for hydroxylation is 1. The Morgan fingerprint density at radius 2 is 1.95 bits per heavy atom. The fraction of sp³-hybridized carbons (Fsp3) is 0.692. The van der Waals surface area contributed by atoms with Crippen LogP contribution in [0.25, 0.3) is 0 Å². The number of carbonyl (C=O) groups is 1. The molecule has 0 bridgehead atoms. The Labute approximate surface area is 138 Å². The molecule has 0 unspecified atom stereocenters. The Bertz CT molecular complexity index is 418. The third-order valence-electron chi connectivity index (χ3n) is 3.39. The van der Waals surface area contributed by atoms with E-state index in [1.807, 2.05) is 24.0 Å². The molecular formula is C13H25Cl2N5O. The maximum Gasteiger partial charge on any atom is 0.234 e. The number of anilines is 1. The van der Waals surface area contributed by atoms with Crippen molar-refractivity contribution in [2.45, 2.75) is 13.3 Å². The summed E-state index contributed by atoms with van der Waals surface area (Å²) in [4.78, 5) is 20.5. The zero-order valence-corrected chi connectivity index (χ0v) is 14.3. The molecule has 122 valence electrons. The molecule has 1 aliphatic heterocycles. The minimum atomic E-state index is 0. The number of piperazine rings is 1. The molecule has 6 nitrogen and oxygen atoms in total. The van der Waals surface area contributed by atoms with Crippen LogP contribution in [0.1, 0.15) is 13.3 Å². The van der Waals surface area contributed by atoms with Gasteiger partial charge in [0.25, 0.3) is 0 Å². The van der Waals surface area contributed by atoms with Crippen molar-refractivity contribution >= 4 is 36.7 Å². The Kier molecular flexibility index (Phi) is 9.41. The van der Waals surface area contributed by atoms with Gasteiger partial charge in [0, 0.05) is 52.2 Å². The largest absolute Gasteiger partial charge is 0.355 e. The Hall–Kier alpha value is -0.980. The molecule has 0 spiro atoms. The van der Waals surface area contributed by atoms with Gasteiger partial charge in [-0.1, -0.05) is 6.92 Å². The van der Waals surface area contributed by atoms with E-state index in [0.29, 0.717) is 6.54 Å². The van der Waals surface area contributed by atoms with Crippen molar-refractivity contribution in [1.29, 1.82) is 0 Å². The van der Waals surface area contributed by atoms with Crippen molar-refractivity contribution in [3.63, 3.8) is 0 Å². The lowest BCUT2D eigenvalue weighted by Crippen LogP contribution is -2.50. The summed E-state index contributed by atoms with van der Waals surface area (Å²) in [7, 11) is 2.01. The maximum absolute atomic E-state index is 11.7. The number of aromatic nitrogens is 2. The highest BCUT2D eigenvalue weighted by molar-refractivity contribution is 5.85. The van der Waals surface area contributed by atoms with Crippen LogP contribution < -0.4 is 10.2 Å².